The number of hydrogen-bond acceptors (Lipinski definition) is 5. The van der Waals surface area contributed by atoms with Gasteiger partial charge in [-0.1, -0.05) is 30.3 Å². The first kappa shape index (κ1) is 17.5. The molecule has 8 heteroatoms. The number of hydrogen-bond donors (Lipinski definition) is 2. The van der Waals surface area contributed by atoms with Crippen LogP contribution in [0.3, 0.4) is 0 Å². The maximum atomic E-state index is 15.4. The zero-order valence-electron chi connectivity index (χ0n) is 13.6. The maximum absolute atomic E-state index is 15.4. The van der Waals surface area contributed by atoms with Crippen molar-refractivity contribution in [1.82, 2.24) is 9.55 Å². The number of H-pyrrole nitrogens is 1. The van der Waals surface area contributed by atoms with Gasteiger partial charge >= 0.3 is 5.69 Å². The van der Waals surface area contributed by atoms with Crippen LogP contribution in [-0.2, 0) is 16.1 Å². The molecule has 1 aromatic heterocycles. The predicted molar refractivity (Wildman–Crippen MR) is 86.9 cm³/mol. The van der Waals surface area contributed by atoms with Gasteiger partial charge in [-0.3, -0.25) is 14.3 Å². The van der Waals surface area contributed by atoms with Gasteiger partial charge in [-0.15, -0.1) is 0 Å². The third kappa shape index (κ3) is 3.41. The molecule has 1 aliphatic rings. The summed E-state index contributed by atoms with van der Waals surface area (Å²) in [4.78, 5) is 25.2. The van der Waals surface area contributed by atoms with E-state index in [9.17, 15) is 14.7 Å². The zero-order chi connectivity index (χ0) is 18.0. The Morgan fingerprint density at radius 2 is 2.04 bits per heavy atom. The summed E-state index contributed by atoms with van der Waals surface area (Å²) < 4.78 is 27.6. The molecule has 0 radical (unpaired) electrons. The largest absolute Gasteiger partial charge is 0.394 e. The first-order valence-corrected chi connectivity index (χ1v) is 7.85. The van der Waals surface area contributed by atoms with Gasteiger partial charge in [-0.2, -0.15) is 0 Å². The number of ether oxygens (including phenoxy) is 2. The first-order valence-electron chi connectivity index (χ1n) is 7.85. The van der Waals surface area contributed by atoms with Crippen LogP contribution in [0.5, 0.6) is 0 Å². The normalized spacial score (nSPS) is 29.0. The summed E-state index contributed by atoms with van der Waals surface area (Å²) >= 11 is 0. The van der Waals surface area contributed by atoms with Crippen LogP contribution >= 0.6 is 0 Å². The first-order chi connectivity index (χ1) is 11.9. The fraction of sp³-hybridized carbons (Fsp3) is 0.412. The van der Waals surface area contributed by atoms with Gasteiger partial charge in [0.15, 0.2) is 11.9 Å². The monoisotopic (exact) mass is 350 g/mol. The second-order valence-corrected chi connectivity index (χ2v) is 6.10. The van der Waals surface area contributed by atoms with E-state index in [2.05, 4.69) is 4.98 Å². The smallest absolute Gasteiger partial charge is 0.330 e. The van der Waals surface area contributed by atoms with E-state index in [1.54, 1.807) is 0 Å². The highest BCUT2D eigenvalue weighted by Crippen LogP contribution is 2.42. The minimum Gasteiger partial charge on any atom is -0.394 e. The molecule has 0 aliphatic carbocycles. The summed E-state index contributed by atoms with van der Waals surface area (Å²) in [5, 5.41) is 9.53. The SMILES string of the molecule is C[C@@]1(F)[C@H](OCc2ccccc2)[C@@H](CO)O[C@H]1n1ccc(=O)[nH]c1=O. The zero-order valence-corrected chi connectivity index (χ0v) is 13.6. The summed E-state index contributed by atoms with van der Waals surface area (Å²) in [7, 11) is 0. The number of aliphatic hydroxyl groups excluding tert-OH is 1. The molecule has 7 nitrogen and oxygen atoms in total. The molecule has 134 valence electrons. The van der Waals surface area contributed by atoms with E-state index in [-0.39, 0.29) is 6.61 Å². The van der Waals surface area contributed by atoms with Crippen molar-refractivity contribution in [3.05, 3.63) is 69.0 Å². The van der Waals surface area contributed by atoms with Crippen molar-refractivity contribution in [3.8, 4) is 0 Å². The molecule has 2 N–H and O–H groups in total. The van der Waals surface area contributed by atoms with Crippen LogP contribution in [0, 0.1) is 0 Å². The Kier molecular flexibility index (Phi) is 4.85. The molecule has 2 heterocycles. The number of alkyl halides is 1. The van der Waals surface area contributed by atoms with E-state index in [0.29, 0.717) is 0 Å². The second kappa shape index (κ2) is 6.91. The van der Waals surface area contributed by atoms with Crippen molar-refractivity contribution < 1.29 is 19.0 Å². The number of aromatic amines is 1. The number of aromatic nitrogens is 2. The van der Waals surface area contributed by atoms with Gasteiger partial charge < -0.3 is 14.6 Å². The molecule has 25 heavy (non-hydrogen) atoms. The topological polar surface area (TPSA) is 93.5 Å². The van der Waals surface area contributed by atoms with Gasteiger partial charge in [0.1, 0.15) is 12.2 Å². The molecule has 2 aromatic rings. The average molecular weight is 350 g/mol. The van der Waals surface area contributed by atoms with Gasteiger partial charge in [0, 0.05) is 12.3 Å². The molecule has 0 bridgehead atoms. The summed E-state index contributed by atoms with van der Waals surface area (Å²) in [6.07, 6.45) is -2.18. The predicted octanol–water partition coefficient (Wildman–Crippen LogP) is 0.740. The second-order valence-electron chi connectivity index (χ2n) is 6.10. The number of benzene rings is 1. The summed E-state index contributed by atoms with van der Waals surface area (Å²) in [6, 6.07) is 10.3. The Morgan fingerprint density at radius 3 is 2.68 bits per heavy atom. The van der Waals surface area contributed by atoms with Crippen LogP contribution in [0.2, 0.25) is 0 Å². The number of halogens is 1. The van der Waals surface area contributed by atoms with Crippen molar-refractivity contribution >= 4 is 0 Å². The Morgan fingerprint density at radius 1 is 1.32 bits per heavy atom. The van der Waals surface area contributed by atoms with E-state index in [1.165, 1.54) is 6.92 Å². The number of aliphatic hydroxyl groups is 1. The van der Waals surface area contributed by atoms with Crippen LogP contribution in [0.15, 0.2) is 52.2 Å². The van der Waals surface area contributed by atoms with Gasteiger partial charge in [0.25, 0.3) is 5.56 Å². The molecule has 1 saturated heterocycles. The fourth-order valence-electron chi connectivity index (χ4n) is 2.99. The highest BCUT2D eigenvalue weighted by Gasteiger charge is 2.56. The lowest BCUT2D eigenvalue weighted by atomic mass is 9.98. The van der Waals surface area contributed by atoms with Gasteiger partial charge in [-0.25, -0.2) is 9.18 Å². The van der Waals surface area contributed by atoms with Crippen LogP contribution in [0.1, 0.15) is 18.7 Å². The Labute approximate surface area is 142 Å². The molecule has 0 spiro atoms. The number of nitrogens with zero attached hydrogens (tertiary/aromatic N) is 1. The minimum atomic E-state index is -2.09. The standard InChI is InChI=1S/C17H19FN2O5/c1-17(18)14(24-10-11-5-3-2-4-6-11)12(9-21)25-15(17)20-8-7-13(22)19-16(20)23/h2-8,12,14-15,21H,9-10H2,1H3,(H,19,22,23)/t12-,14-,15-,17-/m1/s1. The fourth-order valence-corrected chi connectivity index (χ4v) is 2.99. The maximum Gasteiger partial charge on any atom is 0.330 e. The van der Waals surface area contributed by atoms with Gasteiger partial charge in [0.05, 0.1) is 13.2 Å². The number of rotatable bonds is 5. The summed E-state index contributed by atoms with van der Waals surface area (Å²) in [5.41, 5.74) is -2.62. The average Bonchev–Trinajstić information content (AvgIpc) is 2.84. The van der Waals surface area contributed by atoms with Crippen molar-refractivity contribution in [2.75, 3.05) is 6.61 Å². The summed E-state index contributed by atoms with van der Waals surface area (Å²) in [5.74, 6) is 0. The lowest BCUT2D eigenvalue weighted by Crippen LogP contribution is -2.45. The van der Waals surface area contributed by atoms with E-state index >= 15 is 4.39 Å². The van der Waals surface area contributed by atoms with E-state index in [0.717, 1.165) is 22.4 Å². The van der Waals surface area contributed by atoms with Crippen molar-refractivity contribution in [1.29, 1.82) is 0 Å². The van der Waals surface area contributed by atoms with E-state index in [1.807, 2.05) is 30.3 Å². The lowest BCUT2D eigenvalue weighted by Gasteiger charge is -2.27. The molecule has 0 amide bonds. The summed E-state index contributed by atoms with van der Waals surface area (Å²) in [6.45, 7) is 0.923. The molecule has 1 aromatic carbocycles. The molecular weight excluding hydrogens is 331 g/mol. The van der Waals surface area contributed by atoms with Crippen LogP contribution in [-0.4, -0.2) is 39.1 Å². The van der Waals surface area contributed by atoms with Crippen LogP contribution in [0.4, 0.5) is 4.39 Å². The molecule has 3 rings (SSSR count). The van der Waals surface area contributed by atoms with Crippen molar-refractivity contribution in [2.24, 2.45) is 0 Å². The molecule has 0 unspecified atom stereocenters. The molecule has 1 fully saturated rings. The Bertz CT molecular complexity index is 833. The van der Waals surface area contributed by atoms with E-state index < -0.39 is 42.0 Å². The molecule has 0 saturated carbocycles. The van der Waals surface area contributed by atoms with Gasteiger partial charge in [-0.05, 0) is 12.5 Å². The van der Waals surface area contributed by atoms with Crippen LogP contribution in [0.25, 0.3) is 0 Å². The molecular formula is C17H19FN2O5. The third-order valence-corrected chi connectivity index (χ3v) is 4.24. The number of nitrogens with one attached hydrogen (secondary N) is 1. The van der Waals surface area contributed by atoms with Crippen molar-refractivity contribution in [3.63, 3.8) is 0 Å². The lowest BCUT2D eigenvalue weighted by molar-refractivity contribution is -0.0676. The highest BCUT2D eigenvalue weighted by atomic mass is 19.1. The van der Waals surface area contributed by atoms with Crippen molar-refractivity contribution in [2.45, 2.75) is 37.6 Å². The Hall–Kier alpha value is -2.29. The van der Waals surface area contributed by atoms with Crippen LogP contribution < -0.4 is 11.2 Å². The Balaban J connectivity index is 1.86. The quantitative estimate of drug-likeness (QED) is 0.830. The van der Waals surface area contributed by atoms with E-state index in [4.69, 9.17) is 9.47 Å². The highest BCUT2D eigenvalue weighted by molar-refractivity contribution is 5.14. The third-order valence-electron chi connectivity index (χ3n) is 4.24. The van der Waals surface area contributed by atoms with Gasteiger partial charge in [0.2, 0.25) is 0 Å². The minimum absolute atomic E-state index is 0.137. The molecule has 1 aliphatic heterocycles. The molecule has 4 atom stereocenters.